The highest BCUT2D eigenvalue weighted by Gasteiger charge is 2.38. The minimum atomic E-state index is -0.439. The molecule has 1 saturated carbocycles. The summed E-state index contributed by atoms with van der Waals surface area (Å²) in [6, 6.07) is 8.50. The summed E-state index contributed by atoms with van der Waals surface area (Å²) >= 11 is 0. The number of hydrogen-bond acceptors (Lipinski definition) is 2. The predicted molar refractivity (Wildman–Crippen MR) is 101 cm³/mol. The van der Waals surface area contributed by atoms with E-state index in [0.717, 1.165) is 29.5 Å². The number of rotatable bonds is 3. The number of urea groups is 1. The molecule has 4 nitrogen and oxygen atoms in total. The van der Waals surface area contributed by atoms with E-state index in [1.165, 1.54) is 12.8 Å². The molecule has 3 rings (SSSR count). The van der Waals surface area contributed by atoms with Crippen molar-refractivity contribution in [2.75, 3.05) is 13.2 Å². The Morgan fingerprint density at radius 3 is 2.84 bits per heavy atom. The van der Waals surface area contributed by atoms with Crippen molar-refractivity contribution in [1.29, 1.82) is 0 Å². The third-order valence-electron chi connectivity index (χ3n) is 5.49. The molecule has 0 spiro atoms. The van der Waals surface area contributed by atoms with Crippen molar-refractivity contribution in [3.63, 3.8) is 0 Å². The van der Waals surface area contributed by atoms with Crippen molar-refractivity contribution in [3.8, 4) is 0 Å². The predicted octanol–water partition coefficient (Wildman–Crippen LogP) is 4.31. The molecule has 4 heteroatoms. The van der Waals surface area contributed by atoms with Crippen molar-refractivity contribution in [3.05, 3.63) is 42.0 Å². The van der Waals surface area contributed by atoms with Crippen molar-refractivity contribution in [1.82, 2.24) is 10.2 Å². The standard InChI is InChI=1S/C21H30N2O2/c1-15(2)16-8-7-9-17(14-16)21(3,4)22-20(24)23-12-13-25-19-11-6-5-10-18(19)23/h7-9,14,18-19H,1,5-6,10-13H2,2-4H3,(H,22,24). The number of carbonyl (C=O) groups is 1. The number of ether oxygens (including phenoxy) is 1. The van der Waals surface area contributed by atoms with Crippen LogP contribution in [-0.4, -0.2) is 36.2 Å². The Bertz CT molecular complexity index is 651. The lowest BCUT2D eigenvalue weighted by Crippen LogP contribution is -2.59. The molecule has 136 valence electrons. The van der Waals surface area contributed by atoms with Gasteiger partial charge in [-0.25, -0.2) is 4.79 Å². The molecule has 2 fully saturated rings. The summed E-state index contributed by atoms with van der Waals surface area (Å²) in [4.78, 5) is 15.0. The van der Waals surface area contributed by atoms with Crippen LogP contribution < -0.4 is 5.32 Å². The monoisotopic (exact) mass is 342 g/mol. The maximum absolute atomic E-state index is 13.0. The first-order chi connectivity index (χ1) is 11.9. The van der Waals surface area contributed by atoms with E-state index < -0.39 is 5.54 Å². The number of fused-ring (bicyclic) bond motifs is 1. The summed E-state index contributed by atoms with van der Waals surface area (Å²) in [5.74, 6) is 0. The summed E-state index contributed by atoms with van der Waals surface area (Å²) in [5.41, 5.74) is 2.79. The number of benzene rings is 1. The summed E-state index contributed by atoms with van der Waals surface area (Å²) in [6.07, 6.45) is 4.71. The molecule has 2 unspecified atom stereocenters. The van der Waals surface area contributed by atoms with Gasteiger partial charge in [-0.1, -0.05) is 43.2 Å². The first-order valence-electron chi connectivity index (χ1n) is 9.35. The largest absolute Gasteiger partial charge is 0.374 e. The van der Waals surface area contributed by atoms with E-state index >= 15 is 0 Å². The lowest BCUT2D eigenvalue weighted by molar-refractivity contribution is -0.0719. The number of amides is 2. The number of allylic oxidation sites excluding steroid dienone is 1. The molecule has 2 amide bonds. The molecule has 2 aliphatic rings. The van der Waals surface area contributed by atoms with E-state index in [0.29, 0.717) is 13.2 Å². The van der Waals surface area contributed by atoms with Crippen molar-refractivity contribution in [2.45, 2.75) is 64.1 Å². The van der Waals surface area contributed by atoms with Gasteiger partial charge in [0.25, 0.3) is 0 Å². The van der Waals surface area contributed by atoms with Crippen molar-refractivity contribution < 1.29 is 9.53 Å². The molecule has 1 N–H and O–H groups in total. The van der Waals surface area contributed by atoms with Crippen molar-refractivity contribution >= 4 is 11.6 Å². The lowest BCUT2D eigenvalue weighted by Gasteiger charge is -2.44. The fourth-order valence-electron chi connectivity index (χ4n) is 3.93. The molecule has 1 aromatic carbocycles. The number of carbonyl (C=O) groups excluding carboxylic acids is 1. The van der Waals surface area contributed by atoms with Crippen LogP contribution in [0.15, 0.2) is 30.8 Å². The van der Waals surface area contributed by atoms with Gasteiger partial charge in [-0.2, -0.15) is 0 Å². The van der Waals surface area contributed by atoms with Gasteiger partial charge in [0.15, 0.2) is 0 Å². The summed E-state index contributed by atoms with van der Waals surface area (Å²) < 4.78 is 5.89. The van der Waals surface area contributed by atoms with Crippen LogP contribution in [0.1, 0.15) is 57.6 Å². The molecular formula is C21H30N2O2. The minimum absolute atomic E-state index is 0.0194. The van der Waals surface area contributed by atoms with Gasteiger partial charge >= 0.3 is 6.03 Å². The Hall–Kier alpha value is -1.81. The highest BCUT2D eigenvalue weighted by Crippen LogP contribution is 2.29. The highest BCUT2D eigenvalue weighted by molar-refractivity contribution is 5.76. The first kappa shape index (κ1) is 18.0. The number of nitrogens with one attached hydrogen (secondary N) is 1. The second-order valence-corrected chi connectivity index (χ2v) is 7.87. The van der Waals surface area contributed by atoms with Gasteiger partial charge in [0.05, 0.1) is 24.3 Å². The summed E-state index contributed by atoms with van der Waals surface area (Å²) in [6.45, 7) is 11.4. The average Bonchev–Trinajstić information content (AvgIpc) is 2.61. The lowest BCUT2D eigenvalue weighted by atomic mass is 9.89. The number of hydrogen-bond donors (Lipinski definition) is 1. The van der Waals surface area contributed by atoms with E-state index in [2.05, 4.69) is 43.9 Å². The molecule has 0 bridgehead atoms. The second kappa shape index (κ2) is 7.20. The smallest absolute Gasteiger partial charge is 0.318 e. The average molecular weight is 342 g/mol. The maximum atomic E-state index is 13.0. The SMILES string of the molecule is C=C(C)c1cccc(C(C)(C)NC(=O)N2CCOC3CCCCC32)c1. The van der Waals surface area contributed by atoms with Crippen LogP contribution >= 0.6 is 0 Å². The van der Waals surface area contributed by atoms with E-state index in [1.54, 1.807) is 0 Å². The molecule has 2 atom stereocenters. The van der Waals surface area contributed by atoms with Crippen LogP contribution in [0.4, 0.5) is 4.79 Å². The summed E-state index contributed by atoms with van der Waals surface area (Å²) in [7, 11) is 0. The van der Waals surface area contributed by atoms with Crippen LogP contribution in [0, 0.1) is 0 Å². The van der Waals surface area contributed by atoms with Crippen LogP contribution in [0.2, 0.25) is 0 Å². The fourth-order valence-corrected chi connectivity index (χ4v) is 3.93. The zero-order valence-corrected chi connectivity index (χ0v) is 15.7. The summed E-state index contributed by atoms with van der Waals surface area (Å²) in [5, 5.41) is 3.24. The molecular weight excluding hydrogens is 312 g/mol. The third kappa shape index (κ3) is 3.90. The minimum Gasteiger partial charge on any atom is -0.374 e. The van der Waals surface area contributed by atoms with Gasteiger partial charge in [0, 0.05) is 6.54 Å². The van der Waals surface area contributed by atoms with Crippen LogP contribution in [0.5, 0.6) is 0 Å². The van der Waals surface area contributed by atoms with Crippen LogP contribution in [0.25, 0.3) is 5.57 Å². The molecule has 0 radical (unpaired) electrons. The van der Waals surface area contributed by atoms with Crippen LogP contribution in [-0.2, 0) is 10.3 Å². The molecule has 1 aromatic rings. The molecule has 1 heterocycles. The number of nitrogens with zero attached hydrogens (tertiary/aromatic N) is 1. The molecule has 1 saturated heterocycles. The highest BCUT2D eigenvalue weighted by atomic mass is 16.5. The van der Waals surface area contributed by atoms with E-state index in [4.69, 9.17) is 4.74 Å². The number of morpholine rings is 1. The first-order valence-corrected chi connectivity index (χ1v) is 9.35. The Morgan fingerprint density at radius 2 is 2.08 bits per heavy atom. The van der Waals surface area contributed by atoms with Gasteiger partial charge in [0.1, 0.15) is 0 Å². The van der Waals surface area contributed by atoms with Crippen molar-refractivity contribution in [2.24, 2.45) is 0 Å². The Morgan fingerprint density at radius 1 is 1.32 bits per heavy atom. The van der Waals surface area contributed by atoms with Gasteiger partial charge in [-0.3, -0.25) is 0 Å². The topological polar surface area (TPSA) is 41.6 Å². The Kier molecular flexibility index (Phi) is 5.19. The van der Waals surface area contributed by atoms with Gasteiger partial charge in [-0.05, 0) is 50.8 Å². The molecule has 1 aliphatic heterocycles. The zero-order chi connectivity index (χ0) is 18.0. The second-order valence-electron chi connectivity index (χ2n) is 7.87. The van der Waals surface area contributed by atoms with E-state index in [1.807, 2.05) is 17.9 Å². The van der Waals surface area contributed by atoms with Gasteiger partial charge in [-0.15, -0.1) is 0 Å². The molecule has 0 aromatic heterocycles. The van der Waals surface area contributed by atoms with Gasteiger partial charge < -0.3 is 15.0 Å². The molecule has 1 aliphatic carbocycles. The normalized spacial score (nSPS) is 23.7. The molecule has 25 heavy (non-hydrogen) atoms. The van der Waals surface area contributed by atoms with Crippen LogP contribution in [0.3, 0.4) is 0 Å². The zero-order valence-electron chi connectivity index (χ0n) is 15.7. The maximum Gasteiger partial charge on any atom is 0.318 e. The fraction of sp³-hybridized carbons (Fsp3) is 0.571. The van der Waals surface area contributed by atoms with E-state index in [-0.39, 0.29) is 18.2 Å². The quantitative estimate of drug-likeness (QED) is 0.889. The van der Waals surface area contributed by atoms with E-state index in [9.17, 15) is 4.79 Å². The Balaban J connectivity index is 1.74. The van der Waals surface area contributed by atoms with Gasteiger partial charge in [0.2, 0.25) is 0 Å². The third-order valence-corrected chi connectivity index (χ3v) is 5.49. The Labute approximate surface area is 151 Å².